The number of carbonyl (C=O) groups is 1. The molecule has 0 radical (unpaired) electrons. The van der Waals surface area contributed by atoms with E-state index in [2.05, 4.69) is 10.3 Å². The molecule has 2 atom stereocenters. The third-order valence-electron chi connectivity index (χ3n) is 2.58. The smallest absolute Gasteiger partial charge is 0.238 e. The molecule has 0 aliphatic rings. The number of nitrogens with one attached hydrogen (secondary N) is 1. The molecule has 1 rings (SSSR count). The summed E-state index contributed by atoms with van der Waals surface area (Å²) < 4.78 is 0. The zero-order valence-electron chi connectivity index (χ0n) is 10.3. The Morgan fingerprint density at radius 3 is 2.59 bits per heavy atom. The second kappa shape index (κ2) is 6.00. The molecule has 1 amide bonds. The van der Waals surface area contributed by atoms with Gasteiger partial charge in [0.1, 0.15) is 5.92 Å². The van der Waals surface area contributed by atoms with Crippen molar-refractivity contribution in [2.75, 3.05) is 0 Å². The molecular formula is C13H17N3O. The van der Waals surface area contributed by atoms with E-state index in [-0.39, 0.29) is 17.9 Å². The summed E-state index contributed by atoms with van der Waals surface area (Å²) >= 11 is 0. The van der Waals surface area contributed by atoms with E-state index >= 15 is 0 Å². The Labute approximate surface area is 102 Å². The first kappa shape index (κ1) is 13.2. The Morgan fingerprint density at radius 1 is 1.41 bits per heavy atom. The molecule has 0 saturated carbocycles. The van der Waals surface area contributed by atoms with Crippen LogP contribution in [-0.2, 0) is 4.79 Å². The van der Waals surface area contributed by atoms with Crippen molar-refractivity contribution in [3.05, 3.63) is 30.1 Å². The number of carbonyl (C=O) groups excluding carboxylic acids is 1. The van der Waals surface area contributed by atoms with Crippen LogP contribution in [0.3, 0.4) is 0 Å². The van der Waals surface area contributed by atoms with Crippen LogP contribution in [0.1, 0.15) is 32.5 Å². The molecule has 90 valence electrons. The molecule has 1 aromatic heterocycles. The highest BCUT2D eigenvalue weighted by Crippen LogP contribution is 2.13. The first-order chi connectivity index (χ1) is 8.06. The lowest BCUT2D eigenvalue weighted by Crippen LogP contribution is -2.34. The van der Waals surface area contributed by atoms with Gasteiger partial charge in [-0.3, -0.25) is 9.78 Å². The number of amides is 1. The highest BCUT2D eigenvalue weighted by atomic mass is 16.1. The third kappa shape index (κ3) is 3.56. The maximum absolute atomic E-state index is 11.8. The molecule has 0 aliphatic heterocycles. The lowest BCUT2D eigenvalue weighted by molar-refractivity contribution is -0.125. The van der Waals surface area contributed by atoms with E-state index in [0.717, 1.165) is 5.69 Å². The number of hydrogen-bond acceptors (Lipinski definition) is 3. The summed E-state index contributed by atoms with van der Waals surface area (Å²) in [6.45, 7) is 5.58. The fourth-order valence-corrected chi connectivity index (χ4v) is 1.52. The maximum Gasteiger partial charge on any atom is 0.238 e. The SMILES string of the molecule is CC(NC(=O)C(C#N)C(C)C)c1ccccn1. The van der Waals surface area contributed by atoms with Gasteiger partial charge in [-0.05, 0) is 25.0 Å². The number of pyridine rings is 1. The van der Waals surface area contributed by atoms with Gasteiger partial charge in [0.25, 0.3) is 0 Å². The molecule has 4 heteroatoms. The Balaban J connectivity index is 2.67. The fourth-order valence-electron chi connectivity index (χ4n) is 1.52. The molecular weight excluding hydrogens is 214 g/mol. The minimum atomic E-state index is -0.610. The van der Waals surface area contributed by atoms with Gasteiger partial charge in [0, 0.05) is 6.20 Å². The van der Waals surface area contributed by atoms with Crippen LogP contribution in [0, 0.1) is 23.2 Å². The van der Waals surface area contributed by atoms with Gasteiger partial charge in [-0.2, -0.15) is 5.26 Å². The maximum atomic E-state index is 11.8. The zero-order chi connectivity index (χ0) is 12.8. The van der Waals surface area contributed by atoms with Crippen molar-refractivity contribution in [3.63, 3.8) is 0 Å². The summed E-state index contributed by atoms with van der Waals surface area (Å²) in [7, 11) is 0. The van der Waals surface area contributed by atoms with E-state index in [1.165, 1.54) is 0 Å². The number of rotatable bonds is 4. The monoisotopic (exact) mass is 231 g/mol. The molecule has 1 N–H and O–H groups in total. The number of nitrogens with zero attached hydrogens (tertiary/aromatic N) is 2. The Kier molecular flexibility index (Phi) is 4.65. The van der Waals surface area contributed by atoms with Crippen molar-refractivity contribution in [1.82, 2.24) is 10.3 Å². The lowest BCUT2D eigenvalue weighted by Gasteiger charge is -2.17. The number of nitriles is 1. The van der Waals surface area contributed by atoms with E-state index in [9.17, 15) is 4.79 Å². The number of aromatic nitrogens is 1. The highest BCUT2D eigenvalue weighted by molar-refractivity contribution is 5.81. The average Bonchev–Trinajstić information content (AvgIpc) is 2.30. The largest absolute Gasteiger partial charge is 0.347 e. The van der Waals surface area contributed by atoms with Gasteiger partial charge < -0.3 is 5.32 Å². The van der Waals surface area contributed by atoms with Gasteiger partial charge in [0.15, 0.2) is 0 Å². The summed E-state index contributed by atoms with van der Waals surface area (Å²) in [6, 6.07) is 7.39. The van der Waals surface area contributed by atoms with E-state index in [4.69, 9.17) is 5.26 Å². The average molecular weight is 231 g/mol. The first-order valence-electron chi connectivity index (χ1n) is 5.67. The van der Waals surface area contributed by atoms with Crippen LogP contribution < -0.4 is 5.32 Å². The summed E-state index contributed by atoms with van der Waals surface area (Å²) in [5.41, 5.74) is 0.793. The molecule has 17 heavy (non-hydrogen) atoms. The quantitative estimate of drug-likeness (QED) is 0.862. The molecule has 2 unspecified atom stereocenters. The van der Waals surface area contributed by atoms with Gasteiger partial charge in [-0.15, -0.1) is 0 Å². The Hall–Kier alpha value is -1.89. The molecule has 1 heterocycles. The predicted molar refractivity (Wildman–Crippen MR) is 64.7 cm³/mol. The molecule has 0 bridgehead atoms. The molecule has 1 aromatic rings. The molecule has 0 aromatic carbocycles. The summed E-state index contributed by atoms with van der Waals surface area (Å²) in [6.07, 6.45) is 1.68. The second-order valence-electron chi connectivity index (χ2n) is 4.34. The first-order valence-corrected chi connectivity index (χ1v) is 5.67. The van der Waals surface area contributed by atoms with Crippen LogP contribution in [0.25, 0.3) is 0 Å². The van der Waals surface area contributed by atoms with Crippen molar-refractivity contribution >= 4 is 5.91 Å². The molecule has 0 saturated heterocycles. The predicted octanol–water partition coefficient (Wildman–Crippen LogP) is 2.05. The minimum Gasteiger partial charge on any atom is -0.347 e. The minimum absolute atomic E-state index is 0.0101. The van der Waals surface area contributed by atoms with E-state index < -0.39 is 5.92 Å². The van der Waals surface area contributed by atoms with Gasteiger partial charge in [-0.25, -0.2) is 0 Å². The van der Waals surface area contributed by atoms with Crippen molar-refractivity contribution in [3.8, 4) is 6.07 Å². The fraction of sp³-hybridized carbons (Fsp3) is 0.462. The van der Waals surface area contributed by atoms with Crippen LogP contribution in [0.15, 0.2) is 24.4 Å². The standard InChI is InChI=1S/C13H17N3O/c1-9(2)11(8-14)13(17)16-10(3)12-6-4-5-7-15-12/h4-7,9-11H,1-3H3,(H,16,17). The van der Waals surface area contributed by atoms with Crippen LogP contribution in [0.2, 0.25) is 0 Å². The summed E-state index contributed by atoms with van der Waals surface area (Å²) in [5.74, 6) is -0.835. The molecule has 4 nitrogen and oxygen atoms in total. The molecule has 0 fully saturated rings. The van der Waals surface area contributed by atoms with E-state index in [1.54, 1.807) is 6.20 Å². The van der Waals surface area contributed by atoms with Gasteiger partial charge >= 0.3 is 0 Å². The highest BCUT2D eigenvalue weighted by Gasteiger charge is 2.23. The van der Waals surface area contributed by atoms with E-state index in [1.807, 2.05) is 45.0 Å². The van der Waals surface area contributed by atoms with Crippen molar-refractivity contribution in [2.24, 2.45) is 11.8 Å². The van der Waals surface area contributed by atoms with Gasteiger partial charge in [-0.1, -0.05) is 19.9 Å². The molecule has 0 spiro atoms. The van der Waals surface area contributed by atoms with Crippen molar-refractivity contribution in [2.45, 2.75) is 26.8 Å². The lowest BCUT2D eigenvalue weighted by atomic mass is 9.96. The third-order valence-corrected chi connectivity index (χ3v) is 2.58. The Bertz CT molecular complexity index is 408. The molecule has 0 aliphatic carbocycles. The van der Waals surface area contributed by atoms with Crippen LogP contribution in [0.4, 0.5) is 0 Å². The number of hydrogen-bond donors (Lipinski definition) is 1. The van der Waals surface area contributed by atoms with Crippen LogP contribution >= 0.6 is 0 Å². The Morgan fingerprint density at radius 2 is 2.12 bits per heavy atom. The topological polar surface area (TPSA) is 65.8 Å². The van der Waals surface area contributed by atoms with Crippen LogP contribution in [0.5, 0.6) is 0 Å². The van der Waals surface area contributed by atoms with Crippen molar-refractivity contribution in [1.29, 1.82) is 5.26 Å². The van der Waals surface area contributed by atoms with Crippen LogP contribution in [-0.4, -0.2) is 10.9 Å². The zero-order valence-corrected chi connectivity index (χ0v) is 10.3. The van der Waals surface area contributed by atoms with Gasteiger partial charge in [0.2, 0.25) is 5.91 Å². The van der Waals surface area contributed by atoms with E-state index in [0.29, 0.717) is 0 Å². The second-order valence-corrected chi connectivity index (χ2v) is 4.34. The van der Waals surface area contributed by atoms with Gasteiger partial charge in [0.05, 0.1) is 17.8 Å². The summed E-state index contributed by atoms with van der Waals surface area (Å²) in [4.78, 5) is 16.0. The normalized spacial score (nSPS) is 13.8. The summed E-state index contributed by atoms with van der Waals surface area (Å²) in [5, 5.41) is 11.7. The van der Waals surface area contributed by atoms with Crippen molar-refractivity contribution < 1.29 is 4.79 Å².